The van der Waals surface area contributed by atoms with E-state index >= 15 is 0 Å². The molecule has 0 aromatic heterocycles. The van der Waals surface area contributed by atoms with Gasteiger partial charge in [0.05, 0.1) is 37.8 Å². The van der Waals surface area contributed by atoms with Crippen LogP contribution in [-0.4, -0.2) is 42.8 Å². The summed E-state index contributed by atoms with van der Waals surface area (Å²) in [6, 6.07) is 18.0. The van der Waals surface area contributed by atoms with Gasteiger partial charge in [-0.2, -0.15) is 0 Å². The number of rotatable bonds is 5. The molecular weight excluding hydrogens is 492 g/mol. The predicted octanol–water partition coefficient (Wildman–Crippen LogP) is 4.76. The van der Waals surface area contributed by atoms with Gasteiger partial charge in [-0.05, 0) is 59.7 Å². The van der Waals surface area contributed by atoms with Crippen LogP contribution in [0.15, 0.2) is 72.9 Å². The van der Waals surface area contributed by atoms with Gasteiger partial charge in [0, 0.05) is 16.8 Å². The molecular formula is C29H23ClN2O5. The Kier molecular flexibility index (Phi) is 5.53. The van der Waals surface area contributed by atoms with Crippen LogP contribution < -0.4 is 14.4 Å². The lowest BCUT2D eigenvalue weighted by Crippen LogP contribution is -2.44. The smallest absolute Gasteiger partial charge is 0.240 e. The Morgan fingerprint density at radius 3 is 2.30 bits per heavy atom. The summed E-state index contributed by atoms with van der Waals surface area (Å²) in [6.07, 6.45) is 3.76. The van der Waals surface area contributed by atoms with Crippen LogP contribution in [0.2, 0.25) is 5.02 Å². The maximum atomic E-state index is 14.1. The minimum absolute atomic E-state index is 0.262. The van der Waals surface area contributed by atoms with Crippen molar-refractivity contribution < 1.29 is 23.9 Å². The number of fused-ring (bicyclic) bond motifs is 5. The fourth-order valence-corrected chi connectivity index (χ4v) is 5.99. The van der Waals surface area contributed by atoms with Crippen LogP contribution in [0.1, 0.15) is 27.5 Å². The molecule has 7 nitrogen and oxygen atoms in total. The summed E-state index contributed by atoms with van der Waals surface area (Å²) in [6.45, 7) is 0. The number of methoxy groups -OCH3 is 2. The van der Waals surface area contributed by atoms with Crippen molar-refractivity contribution in [1.82, 2.24) is 4.90 Å². The van der Waals surface area contributed by atoms with Gasteiger partial charge in [-0.3, -0.25) is 14.4 Å². The average molecular weight is 515 g/mol. The molecule has 2 amide bonds. The fraction of sp³-hybridized carbons (Fsp3) is 0.207. The number of amides is 2. The number of nitrogens with zero attached hydrogens (tertiary/aromatic N) is 2. The summed E-state index contributed by atoms with van der Waals surface area (Å²) in [4.78, 5) is 45.0. The van der Waals surface area contributed by atoms with Gasteiger partial charge in [-0.1, -0.05) is 35.9 Å². The highest BCUT2D eigenvalue weighted by Gasteiger charge is 2.64. The molecule has 0 unspecified atom stereocenters. The first-order chi connectivity index (χ1) is 17.9. The molecule has 2 saturated heterocycles. The molecule has 0 spiro atoms. The van der Waals surface area contributed by atoms with Crippen LogP contribution in [0.4, 0.5) is 5.69 Å². The van der Waals surface area contributed by atoms with E-state index < -0.39 is 29.8 Å². The third-order valence-electron chi connectivity index (χ3n) is 7.48. The van der Waals surface area contributed by atoms with Crippen molar-refractivity contribution in [3.63, 3.8) is 0 Å². The zero-order valence-electron chi connectivity index (χ0n) is 20.1. The third kappa shape index (κ3) is 3.45. The molecule has 3 aliphatic rings. The molecule has 0 bridgehead atoms. The number of benzene rings is 3. The summed E-state index contributed by atoms with van der Waals surface area (Å²) >= 11 is 6.05. The fourth-order valence-electron chi connectivity index (χ4n) is 5.86. The molecule has 6 rings (SSSR count). The zero-order chi connectivity index (χ0) is 25.8. The van der Waals surface area contributed by atoms with Crippen LogP contribution >= 0.6 is 11.6 Å². The van der Waals surface area contributed by atoms with Crippen LogP contribution in [-0.2, 0) is 9.59 Å². The van der Waals surface area contributed by atoms with Gasteiger partial charge in [0.15, 0.2) is 17.3 Å². The first kappa shape index (κ1) is 23.3. The zero-order valence-corrected chi connectivity index (χ0v) is 20.9. The first-order valence-corrected chi connectivity index (χ1v) is 12.3. The normalized spacial score (nSPS) is 23.5. The SMILES string of the molecule is COc1ccc(C(=O)[C@H]2[C@@H]3C(=O)N(c4ccc(Cl)cc4)C(=O)[C@@H]3[C@H]3c4ccccc4C=CN32)cc1OC. The number of carbonyl (C=O) groups is 3. The van der Waals surface area contributed by atoms with Gasteiger partial charge in [-0.25, -0.2) is 4.90 Å². The van der Waals surface area contributed by atoms with E-state index in [2.05, 4.69) is 0 Å². The number of hydrogen-bond acceptors (Lipinski definition) is 6. The van der Waals surface area contributed by atoms with Crippen LogP contribution in [0.5, 0.6) is 11.5 Å². The monoisotopic (exact) mass is 514 g/mol. The molecule has 186 valence electrons. The minimum Gasteiger partial charge on any atom is -0.493 e. The number of anilines is 1. The van der Waals surface area contributed by atoms with Crippen molar-refractivity contribution in [2.75, 3.05) is 19.1 Å². The summed E-state index contributed by atoms with van der Waals surface area (Å²) in [7, 11) is 3.02. The molecule has 0 N–H and O–H groups in total. The Morgan fingerprint density at radius 2 is 1.57 bits per heavy atom. The second kappa shape index (κ2) is 8.78. The summed E-state index contributed by atoms with van der Waals surface area (Å²) in [5.74, 6) is -1.64. The Labute approximate surface area is 218 Å². The van der Waals surface area contributed by atoms with Crippen molar-refractivity contribution >= 4 is 41.0 Å². The second-order valence-corrected chi connectivity index (χ2v) is 9.69. The third-order valence-corrected chi connectivity index (χ3v) is 7.74. The highest BCUT2D eigenvalue weighted by molar-refractivity contribution is 6.31. The van der Waals surface area contributed by atoms with E-state index in [4.69, 9.17) is 21.1 Å². The molecule has 37 heavy (non-hydrogen) atoms. The molecule has 2 fully saturated rings. The maximum Gasteiger partial charge on any atom is 0.240 e. The standard InChI is InChI=1S/C29H23ClN2O5/c1-36-21-12-7-17(15-22(21)37-2)27(33)26-24-23(25-20-6-4-3-5-16(20)13-14-31(25)26)28(34)32(29(24)35)19-10-8-18(30)9-11-19/h3-15,23-26H,1-2H3/t23-,24+,25+,26+/m0/s1. The minimum atomic E-state index is -0.869. The molecule has 0 saturated carbocycles. The number of carbonyl (C=O) groups excluding carboxylic acids is 3. The van der Waals surface area contributed by atoms with Crippen LogP contribution in [0.25, 0.3) is 6.08 Å². The first-order valence-electron chi connectivity index (χ1n) is 11.9. The number of halogens is 1. The molecule has 3 heterocycles. The van der Waals surface area contributed by atoms with Gasteiger partial charge in [0.2, 0.25) is 11.8 Å². The summed E-state index contributed by atoms with van der Waals surface area (Å²) in [5.41, 5.74) is 2.70. The Morgan fingerprint density at radius 1 is 0.865 bits per heavy atom. The number of hydrogen-bond donors (Lipinski definition) is 0. The average Bonchev–Trinajstić information content (AvgIpc) is 3.40. The van der Waals surface area contributed by atoms with E-state index in [1.54, 1.807) is 42.5 Å². The summed E-state index contributed by atoms with van der Waals surface area (Å²) in [5, 5.41) is 0.502. The largest absolute Gasteiger partial charge is 0.493 e. The molecule has 0 radical (unpaired) electrons. The van der Waals surface area contributed by atoms with Crippen LogP contribution in [0.3, 0.4) is 0 Å². The van der Waals surface area contributed by atoms with E-state index in [1.165, 1.54) is 19.1 Å². The lowest BCUT2D eigenvalue weighted by Gasteiger charge is -2.35. The van der Waals surface area contributed by atoms with E-state index in [-0.39, 0.29) is 11.7 Å². The number of imide groups is 1. The molecule has 4 atom stereocenters. The second-order valence-electron chi connectivity index (χ2n) is 9.26. The Hall–Kier alpha value is -4.10. The number of ketones is 1. The molecule has 3 aromatic rings. The van der Waals surface area contributed by atoms with Crippen LogP contribution in [0, 0.1) is 11.8 Å². The van der Waals surface area contributed by atoms with Crippen molar-refractivity contribution in [1.29, 1.82) is 0 Å². The van der Waals surface area contributed by atoms with Crippen molar-refractivity contribution in [2.24, 2.45) is 11.8 Å². The Balaban J connectivity index is 1.48. The molecule has 8 heteroatoms. The Bertz CT molecular complexity index is 1470. The van der Waals surface area contributed by atoms with Crippen molar-refractivity contribution in [3.05, 3.63) is 94.6 Å². The summed E-state index contributed by atoms with van der Waals surface area (Å²) < 4.78 is 10.7. The molecule has 0 aliphatic carbocycles. The molecule has 3 aliphatic heterocycles. The topological polar surface area (TPSA) is 76.2 Å². The van der Waals surface area contributed by atoms with E-state index in [0.717, 1.165) is 11.1 Å². The van der Waals surface area contributed by atoms with Gasteiger partial charge in [-0.15, -0.1) is 0 Å². The quantitative estimate of drug-likeness (QED) is 0.361. The van der Waals surface area contributed by atoms with E-state index in [9.17, 15) is 14.4 Å². The highest BCUT2D eigenvalue weighted by atomic mass is 35.5. The highest BCUT2D eigenvalue weighted by Crippen LogP contribution is 2.53. The number of ether oxygens (including phenoxy) is 2. The van der Waals surface area contributed by atoms with Gasteiger partial charge >= 0.3 is 0 Å². The molecule has 3 aromatic carbocycles. The van der Waals surface area contributed by atoms with Gasteiger partial charge in [0.1, 0.15) is 6.04 Å². The predicted molar refractivity (Wildman–Crippen MR) is 139 cm³/mol. The van der Waals surface area contributed by atoms with Crippen molar-refractivity contribution in [3.8, 4) is 11.5 Å². The maximum absolute atomic E-state index is 14.1. The number of Topliss-reactive ketones (excluding diaryl/α,β-unsaturated/α-hetero) is 1. The lowest BCUT2D eigenvalue weighted by molar-refractivity contribution is -0.123. The lowest BCUT2D eigenvalue weighted by atomic mass is 9.83. The van der Waals surface area contributed by atoms with E-state index in [1.807, 2.05) is 41.4 Å². The van der Waals surface area contributed by atoms with Gasteiger partial charge < -0.3 is 14.4 Å². The van der Waals surface area contributed by atoms with E-state index in [0.29, 0.717) is 27.8 Å². The van der Waals surface area contributed by atoms with Crippen molar-refractivity contribution in [2.45, 2.75) is 12.1 Å². The van der Waals surface area contributed by atoms with Gasteiger partial charge in [0.25, 0.3) is 0 Å².